The minimum Gasteiger partial charge on any atom is -0.478 e. The largest absolute Gasteiger partial charge is 0.478 e. The topological polar surface area (TPSA) is 92.9 Å². The fourth-order valence-corrected chi connectivity index (χ4v) is 1.76. The Morgan fingerprint density at radius 3 is 2.91 bits per heavy atom. The molecule has 1 heterocycles. The Balaban J connectivity index is 2.28. The molecule has 0 radical (unpaired) electrons. The summed E-state index contributed by atoms with van der Waals surface area (Å²) in [7, 11) is 5.50. The summed E-state index contributed by atoms with van der Waals surface area (Å²) in [5.74, 6) is 0.963. The van der Waals surface area contributed by atoms with E-state index in [9.17, 15) is 10.1 Å². The molecule has 22 heavy (non-hydrogen) atoms. The number of aliphatic imine (C=N–C) groups is 1. The fraction of sp³-hybridized carbons (Fsp3) is 0.571. The smallest absolute Gasteiger partial charge is 0.259 e. The third-order valence-electron chi connectivity index (χ3n) is 2.71. The second kappa shape index (κ2) is 9.67. The molecule has 8 heteroatoms. The maximum atomic E-state index is 10.4. The second-order valence-corrected chi connectivity index (χ2v) is 4.99. The molecule has 1 rings (SSSR count). The van der Waals surface area contributed by atoms with Crippen molar-refractivity contribution in [1.29, 1.82) is 0 Å². The number of hydrogen-bond acceptors (Lipinski definition) is 6. The number of hydrogen-bond donors (Lipinski definition) is 1. The lowest BCUT2D eigenvalue weighted by Crippen LogP contribution is -2.31. The van der Waals surface area contributed by atoms with E-state index in [0.29, 0.717) is 31.3 Å². The average molecular weight is 309 g/mol. The lowest BCUT2D eigenvalue weighted by Gasteiger charge is -2.11. The molecule has 0 unspecified atom stereocenters. The van der Waals surface area contributed by atoms with Gasteiger partial charge in [0.05, 0.1) is 12.3 Å². The van der Waals surface area contributed by atoms with Crippen LogP contribution in [0.1, 0.15) is 12.1 Å². The summed E-state index contributed by atoms with van der Waals surface area (Å²) >= 11 is 0. The van der Waals surface area contributed by atoms with Crippen molar-refractivity contribution >= 4 is 5.84 Å². The number of nitrogens with zero attached hydrogens (tertiary/aromatic N) is 4. The summed E-state index contributed by atoms with van der Waals surface area (Å²) < 4.78 is 5.58. The van der Waals surface area contributed by atoms with Crippen molar-refractivity contribution < 1.29 is 9.66 Å². The zero-order chi connectivity index (χ0) is 16.4. The van der Waals surface area contributed by atoms with Gasteiger partial charge in [-0.3, -0.25) is 15.1 Å². The third-order valence-corrected chi connectivity index (χ3v) is 2.71. The van der Waals surface area contributed by atoms with Gasteiger partial charge in [0.25, 0.3) is 6.54 Å². The van der Waals surface area contributed by atoms with Crippen LogP contribution in [0.15, 0.2) is 23.2 Å². The first-order chi connectivity index (χ1) is 10.5. The van der Waals surface area contributed by atoms with Crippen LogP contribution in [0.3, 0.4) is 0 Å². The van der Waals surface area contributed by atoms with E-state index in [4.69, 9.17) is 4.74 Å². The van der Waals surface area contributed by atoms with Crippen molar-refractivity contribution in [3.63, 3.8) is 0 Å². The van der Waals surface area contributed by atoms with Crippen LogP contribution in [0, 0.1) is 10.1 Å². The Kier molecular flexibility index (Phi) is 7.84. The van der Waals surface area contributed by atoms with Crippen molar-refractivity contribution in [3.8, 4) is 5.88 Å². The van der Waals surface area contributed by atoms with Gasteiger partial charge in [-0.15, -0.1) is 0 Å². The zero-order valence-electron chi connectivity index (χ0n) is 13.3. The van der Waals surface area contributed by atoms with E-state index in [1.54, 1.807) is 0 Å². The van der Waals surface area contributed by atoms with E-state index >= 15 is 0 Å². The Morgan fingerprint density at radius 2 is 2.27 bits per heavy atom. The number of nitro groups is 1. The highest BCUT2D eigenvalue weighted by Gasteiger charge is 2.05. The van der Waals surface area contributed by atoms with Crippen molar-refractivity contribution in [2.24, 2.45) is 4.99 Å². The van der Waals surface area contributed by atoms with Crippen LogP contribution in [0.5, 0.6) is 5.88 Å². The van der Waals surface area contributed by atoms with Gasteiger partial charge in [0.15, 0.2) is 5.84 Å². The molecule has 0 aromatic carbocycles. The molecule has 8 nitrogen and oxygen atoms in total. The molecule has 122 valence electrons. The summed E-state index contributed by atoms with van der Waals surface area (Å²) in [6, 6.07) is 5.69. The van der Waals surface area contributed by atoms with E-state index in [2.05, 4.69) is 15.3 Å². The molecule has 0 aliphatic rings. The highest BCUT2D eigenvalue weighted by atomic mass is 16.6. The van der Waals surface area contributed by atoms with Crippen LogP contribution in [0.4, 0.5) is 0 Å². The predicted molar refractivity (Wildman–Crippen MR) is 85.0 cm³/mol. The minimum atomic E-state index is -0.411. The Hall–Kier alpha value is -2.22. The average Bonchev–Trinajstić information content (AvgIpc) is 2.45. The van der Waals surface area contributed by atoms with Crippen LogP contribution >= 0.6 is 0 Å². The first kappa shape index (κ1) is 17.8. The molecule has 1 aromatic rings. The van der Waals surface area contributed by atoms with E-state index in [1.165, 1.54) is 7.05 Å². The Bertz CT molecular complexity index is 505. The monoisotopic (exact) mass is 309 g/mol. The molecule has 0 aliphatic carbocycles. The molecule has 0 fully saturated rings. The molecule has 1 aromatic heterocycles. The lowest BCUT2D eigenvalue weighted by atomic mass is 10.3. The molecular weight excluding hydrogens is 286 g/mol. The summed E-state index contributed by atoms with van der Waals surface area (Å²) in [4.78, 5) is 20.3. The summed E-state index contributed by atoms with van der Waals surface area (Å²) in [6.07, 6.45) is 0.705. The van der Waals surface area contributed by atoms with Gasteiger partial charge in [0, 0.05) is 31.1 Å². The summed E-state index contributed by atoms with van der Waals surface area (Å²) in [5.41, 5.74) is 0.951. The van der Waals surface area contributed by atoms with E-state index in [-0.39, 0.29) is 6.54 Å². The second-order valence-electron chi connectivity index (χ2n) is 4.99. The summed E-state index contributed by atoms with van der Waals surface area (Å²) in [5, 5.41) is 13.3. The molecule has 0 saturated heterocycles. The Morgan fingerprint density at radius 1 is 1.50 bits per heavy atom. The highest BCUT2D eigenvalue weighted by molar-refractivity contribution is 5.82. The normalized spacial score (nSPS) is 11.5. The van der Waals surface area contributed by atoms with Crippen molar-refractivity contribution in [2.45, 2.75) is 13.0 Å². The van der Waals surface area contributed by atoms with E-state index in [1.807, 2.05) is 37.2 Å². The molecular formula is C14H23N5O3. The molecule has 0 spiro atoms. The number of nitrogens with one attached hydrogen (secondary N) is 1. The minimum absolute atomic E-state index is 0.286. The van der Waals surface area contributed by atoms with Gasteiger partial charge in [-0.05, 0) is 26.6 Å². The number of aromatic nitrogens is 1. The van der Waals surface area contributed by atoms with Gasteiger partial charge < -0.3 is 15.0 Å². The first-order valence-electron chi connectivity index (χ1n) is 7.06. The van der Waals surface area contributed by atoms with Crippen molar-refractivity contribution in [2.75, 3.05) is 40.8 Å². The standard InChI is InChI=1S/C14H23N5O3/c1-15-13(11-19(20)21)16-8-5-9-22-14-7-4-6-12(17-14)10-18(2)3/h4,6-7H,5,8-11H2,1-3H3,(H,15,16). The number of amidine groups is 1. The van der Waals surface area contributed by atoms with Crippen LogP contribution in [0.2, 0.25) is 0 Å². The zero-order valence-corrected chi connectivity index (χ0v) is 13.3. The predicted octanol–water partition coefficient (Wildman–Crippen LogP) is 0.807. The SMILES string of the molecule is CN=C(C[N+](=O)[O-])NCCCOc1cccc(CN(C)C)n1. The van der Waals surface area contributed by atoms with Gasteiger partial charge in [-0.1, -0.05) is 6.07 Å². The number of pyridine rings is 1. The van der Waals surface area contributed by atoms with Gasteiger partial charge in [0.2, 0.25) is 5.88 Å². The maximum absolute atomic E-state index is 10.4. The molecule has 1 N–H and O–H groups in total. The van der Waals surface area contributed by atoms with Crippen LogP contribution in [-0.4, -0.2) is 61.5 Å². The van der Waals surface area contributed by atoms with Crippen molar-refractivity contribution in [1.82, 2.24) is 15.2 Å². The number of rotatable bonds is 9. The Labute approximate surface area is 130 Å². The van der Waals surface area contributed by atoms with Gasteiger partial charge in [-0.25, -0.2) is 4.98 Å². The maximum Gasteiger partial charge on any atom is 0.259 e. The molecule has 0 saturated carbocycles. The lowest BCUT2D eigenvalue weighted by molar-refractivity contribution is -0.463. The van der Waals surface area contributed by atoms with Gasteiger partial charge in [-0.2, -0.15) is 0 Å². The van der Waals surface area contributed by atoms with Gasteiger partial charge in [0.1, 0.15) is 0 Å². The molecule has 0 bridgehead atoms. The molecule has 0 atom stereocenters. The van der Waals surface area contributed by atoms with Crippen molar-refractivity contribution in [3.05, 3.63) is 34.0 Å². The van der Waals surface area contributed by atoms with Gasteiger partial charge >= 0.3 is 0 Å². The van der Waals surface area contributed by atoms with E-state index < -0.39 is 4.92 Å². The third kappa shape index (κ3) is 7.53. The first-order valence-corrected chi connectivity index (χ1v) is 7.06. The quantitative estimate of drug-likeness (QED) is 0.238. The highest BCUT2D eigenvalue weighted by Crippen LogP contribution is 2.08. The van der Waals surface area contributed by atoms with Crippen LogP contribution in [-0.2, 0) is 6.54 Å². The fourth-order valence-electron chi connectivity index (χ4n) is 1.76. The summed E-state index contributed by atoms with van der Waals surface area (Å²) in [6.45, 7) is 1.53. The van der Waals surface area contributed by atoms with Crippen LogP contribution < -0.4 is 10.1 Å². The number of ether oxygens (including phenoxy) is 1. The van der Waals surface area contributed by atoms with Crippen LogP contribution in [0.25, 0.3) is 0 Å². The van der Waals surface area contributed by atoms with E-state index in [0.717, 1.165) is 12.2 Å². The molecule has 0 amide bonds. The molecule has 0 aliphatic heterocycles.